The van der Waals surface area contributed by atoms with Gasteiger partial charge in [0, 0.05) is 25.6 Å². The fourth-order valence-electron chi connectivity index (χ4n) is 3.68. The van der Waals surface area contributed by atoms with E-state index in [1.165, 1.54) is 19.3 Å². The SMILES string of the molecule is Cl.O=C(c1n[nH]c(C2CC2)c1Br)N1CCC2(CCNC2)CC1. The molecule has 3 fully saturated rings. The summed E-state index contributed by atoms with van der Waals surface area (Å²) in [7, 11) is 0. The van der Waals surface area contributed by atoms with Crippen molar-refractivity contribution in [1.82, 2.24) is 20.4 Å². The highest BCUT2D eigenvalue weighted by Crippen LogP contribution is 2.43. The highest BCUT2D eigenvalue weighted by molar-refractivity contribution is 9.10. The molecular weight excluding hydrogens is 368 g/mol. The van der Waals surface area contributed by atoms with E-state index < -0.39 is 0 Å². The number of rotatable bonds is 2. The number of likely N-dealkylation sites (tertiary alicyclic amines) is 1. The molecule has 1 spiro atoms. The summed E-state index contributed by atoms with van der Waals surface area (Å²) < 4.78 is 0.887. The molecule has 22 heavy (non-hydrogen) atoms. The van der Waals surface area contributed by atoms with Crippen molar-refractivity contribution >= 4 is 34.2 Å². The smallest absolute Gasteiger partial charge is 0.275 e. The lowest BCUT2D eigenvalue weighted by Gasteiger charge is -2.38. The van der Waals surface area contributed by atoms with Crippen LogP contribution in [0.15, 0.2) is 4.47 Å². The fourth-order valence-corrected chi connectivity index (χ4v) is 4.35. The Hall–Kier alpha value is -0.590. The van der Waals surface area contributed by atoms with E-state index in [-0.39, 0.29) is 18.3 Å². The monoisotopic (exact) mass is 388 g/mol. The summed E-state index contributed by atoms with van der Waals surface area (Å²) in [6.07, 6.45) is 5.89. The van der Waals surface area contributed by atoms with Gasteiger partial charge in [-0.3, -0.25) is 9.89 Å². The summed E-state index contributed by atoms with van der Waals surface area (Å²) in [5.41, 5.74) is 2.11. The van der Waals surface area contributed by atoms with Crippen LogP contribution in [0.3, 0.4) is 0 Å². The second-order valence-electron chi connectivity index (χ2n) is 6.79. The van der Waals surface area contributed by atoms with Crippen LogP contribution in [0.5, 0.6) is 0 Å². The summed E-state index contributed by atoms with van der Waals surface area (Å²) >= 11 is 3.57. The second kappa shape index (κ2) is 6.13. The molecule has 1 aromatic heterocycles. The van der Waals surface area contributed by atoms with Gasteiger partial charge in [-0.2, -0.15) is 5.10 Å². The maximum absolute atomic E-state index is 12.7. The van der Waals surface area contributed by atoms with Crippen LogP contribution in [0.1, 0.15) is 54.2 Å². The molecule has 1 amide bonds. The Morgan fingerprint density at radius 2 is 2.00 bits per heavy atom. The van der Waals surface area contributed by atoms with Gasteiger partial charge < -0.3 is 10.2 Å². The largest absolute Gasteiger partial charge is 0.337 e. The van der Waals surface area contributed by atoms with Crippen LogP contribution in [-0.2, 0) is 0 Å². The van der Waals surface area contributed by atoms with Crippen molar-refractivity contribution in [1.29, 1.82) is 0 Å². The molecule has 2 aliphatic heterocycles. The number of nitrogens with one attached hydrogen (secondary N) is 2. The summed E-state index contributed by atoms with van der Waals surface area (Å²) in [5.74, 6) is 0.647. The van der Waals surface area contributed by atoms with Crippen molar-refractivity contribution in [3.63, 3.8) is 0 Å². The molecule has 3 aliphatic rings. The lowest BCUT2D eigenvalue weighted by molar-refractivity contribution is 0.0601. The first kappa shape index (κ1) is 16.3. The number of carbonyl (C=O) groups is 1. The van der Waals surface area contributed by atoms with Gasteiger partial charge in [0.15, 0.2) is 5.69 Å². The van der Waals surface area contributed by atoms with Crippen molar-refractivity contribution in [2.75, 3.05) is 26.2 Å². The Balaban J connectivity index is 0.00000144. The quantitative estimate of drug-likeness (QED) is 0.817. The summed E-state index contributed by atoms with van der Waals surface area (Å²) in [6.45, 7) is 3.97. The minimum absolute atomic E-state index is 0. The van der Waals surface area contributed by atoms with Crippen LogP contribution in [0, 0.1) is 5.41 Å². The molecule has 0 atom stereocenters. The Labute approximate surface area is 145 Å². The number of hydrogen-bond donors (Lipinski definition) is 2. The predicted molar refractivity (Wildman–Crippen MR) is 90.6 cm³/mol. The van der Waals surface area contributed by atoms with Gasteiger partial charge in [-0.15, -0.1) is 12.4 Å². The number of hydrogen-bond acceptors (Lipinski definition) is 3. The zero-order valence-corrected chi connectivity index (χ0v) is 14.9. The first-order chi connectivity index (χ1) is 10.2. The third-order valence-corrected chi connectivity index (χ3v) is 6.17. The van der Waals surface area contributed by atoms with E-state index in [2.05, 4.69) is 31.4 Å². The van der Waals surface area contributed by atoms with Gasteiger partial charge in [0.2, 0.25) is 0 Å². The third-order valence-electron chi connectivity index (χ3n) is 5.36. The van der Waals surface area contributed by atoms with Gasteiger partial charge in [-0.1, -0.05) is 0 Å². The molecule has 2 N–H and O–H groups in total. The number of aromatic amines is 1. The summed E-state index contributed by atoms with van der Waals surface area (Å²) in [5, 5.41) is 10.8. The van der Waals surface area contributed by atoms with Crippen molar-refractivity contribution in [2.45, 2.75) is 38.0 Å². The number of halogens is 2. The van der Waals surface area contributed by atoms with Crippen molar-refractivity contribution in [2.24, 2.45) is 5.41 Å². The minimum Gasteiger partial charge on any atom is -0.337 e. The summed E-state index contributed by atoms with van der Waals surface area (Å²) in [4.78, 5) is 14.7. The summed E-state index contributed by atoms with van der Waals surface area (Å²) in [6, 6.07) is 0. The van der Waals surface area contributed by atoms with Crippen molar-refractivity contribution in [3.8, 4) is 0 Å². The fraction of sp³-hybridized carbons (Fsp3) is 0.733. The predicted octanol–water partition coefficient (Wildman–Crippen LogP) is 2.69. The first-order valence-corrected chi connectivity index (χ1v) is 8.72. The molecule has 1 aromatic rings. The molecule has 7 heteroatoms. The third kappa shape index (κ3) is 2.81. The topological polar surface area (TPSA) is 61.0 Å². The second-order valence-corrected chi connectivity index (χ2v) is 7.59. The number of carbonyl (C=O) groups excluding carboxylic acids is 1. The Morgan fingerprint density at radius 3 is 2.59 bits per heavy atom. The maximum Gasteiger partial charge on any atom is 0.275 e. The molecule has 3 heterocycles. The molecule has 0 radical (unpaired) electrons. The van der Waals surface area contributed by atoms with Crippen molar-refractivity contribution < 1.29 is 4.79 Å². The molecule has 1 aliphatic carbocycles. The van der Waals surface area contributed by atoms with Gasteiger partial charge in [-0.05, 0) is 60.0 Å². The van der Waals surface area contributed by atoms with Crippen LogP contribution in [0.4, 0.5) is 0 Å². The van der Waals surface area contributed by atoms with E-state index >= 15 is 0 Å². The Morgan fingerprint density at radius 1 is 1.27 bits per heavy atom. The van der Waals surface area contributed by atoms with Crippen LogP contribution in [0.25, 0.3) is 0 Å². The van der Waals surface area contributed by atoms with Crippen LogP contribution in [0.2, 0.25) is 0 Å². The van der Waals surface area contributed by atoms with Crippen molar-refractivity contribution in [3.05, 3.63) is 15.9 Å². The average molecular weight is 390 g/mol. The molecule has 0 unspecified atom stereocenters. The molecule has 2 saturated heterocycles. The molecule has 122 valence electrons. The zero-order valence-electron chi connectivity index (χ0n) is 12.5. The minimum atomic E-state index is 0. The first-order valence-electron chi connectivity index (χ1n) is 7.92. The molecule has 0 bridgehead atoms. The Kier molecular flexibility index (Phi) is 4.54. The number of piperidine rings is 1. The van der Waals surface area contributed by atoms with E-state index in [9.17, 15) is 4.79 Å². The number of H-pyrrole nitrogens is 1. The molecular formula is C15H22BrClN4O. The average Bonchev–Trinajstić information content (AvgIpc) is 3.13. The molecule has 0 aromatic carbocycles. The highest BCUT2D eigenvalue weighted by Gasteiger charge is 2.39. The molecule has 4 rings (SSSR count). The van der Waals surface area contributed by atoms with Gasteiger partial charge in [0.1, 0.15) is 0 Å². The van der Waals surface area contributed by atoms with E-state index in [1.54, 1.807) is 0 Å². The van der Waals surface area contributed by atoms with E-state index in [4.69, 9.17) is 0 Å². The standard InChI is InChI=1S/C15H21BrN4O.ClH/c16-11-12(10-1-2-10)18-19-13(11)14(21)20-7-4-15(5-8-20)3-6-17-9-15;/h10,17H,1-9H2,(H,18,19);1H. The molecule has 1 saturated carbocycles. The van der Waals surface area contributed by atoms with Gasteiger partial charge in [-0.25, -0.2) is 0 Å². The van der Waals surface area contributed by atoms with Gasteiger partial charge >= 0.3 is 0 Å². The van der Waals surface area contributed by atoms with E-state index in [1.807, 2.05) is 4.90 Å². The van der Waals surface area contributed by atoms with Crippen LogP contribution >= 0.6 is 28.3 Å². The van der Waals surface area contributed by atoms with Crippen LogP contribution in [-0.4, -0.2) is 47.2 Å². The molecule has 5 nitrogen and oxygen atoms in total. The normalized spacial score (nSPS) is 23.6. The lowest BCUT2D eigenvalue weighted by atomic mass is 9.78. The van der Waals surface area contributed by atoms with Gasteiger partial charge in [0.05, 0.1) is 10.2 Å². The van der Waals surface area contributed by atoms with E-state index in [0.29, 0.717) is 17.0 Å². The Bertz CT molecular complexity index is 556. The van der Waals surface area contributed by atoms with Gasteiger partial charge in [0.25, 0.3) is 5.91 Å². The maximum atomic E-state index is 12.7. The number of aromatic nitrogens is 2. The number of nitrogens with zero attached hydrogens (tertiary/aromatic N) is 2. The highest BCUT2D eigenvalue weighted by atomic mass is 79.9. The van der Waals surface area contributed by atoms with Crippen LogP contribution < -0.4 is 5.32 Å². The number of amides is 1. The van der Waals surface area contributed by atoms with E-state index in [0.717, 1.165) is 49.2 Å². The lowest BCUT2D eigenvalue weighted by Crippen LogP contribution is -2.44. The zero-order chi connectivity index (χ0) is 14.4.